The molecule has 0 aliphatic rings. The van der Waals surface area contributed by atoms with Gasteiger partial charge in [0, 0.05) is 17.8 Å². The number of carbonyl (C=O) groups is 1. The van der Waals surface area contributed by atoms with Crippen LogP contribution in [0.15, 0.2) is 42.9 Å². The quantitative estimate of drug-likeness (QED) is 0.782. The normalized spacial score (nSPS) is 10.6. The van der Waals surface area contributed by atoms with Gasteiger partial charge in [0.1, 0.15) is 5.69 Å². The van der Waals surface area contributed by atoms with E-state index >= 15 is 0 Å². The molecule has 2 aromatic heterocycles. The van der Waals surface area contributed by atoms with Crippen LogP contribution in [-0.2, 0) is 0 Å². The molecule has 21 heavy (non-hydrogen) atoms. The molecule has 5 nitrogen and oxygen atoms in total. The second-order valence-corrected chi connectivity index (χ2v) is 4.88. The minimum Gasteiger partial charge on any atom is -0.319 e. The number of rotatable bonds is 2. The number of fused-ring (bicyclic) bond motifs is 1. The van der Waals surface area contributed by atoms with Gasteiger partial charge in [-0.05, 0) is 37.6 Å². The third kappa shape index (κ3) is 2.72. The molecule has 0 unspecified atom stereocenters. The van der Waals surface area contributed by atoms with E-state index in [-0.39, 0.29) is 11.6 Å². The fraction of sp³-hybridized carbons (Fsp3) is 0.125. The van der Waals surface area contributed by atoms with Crippen molar-refractivity contribution in [2.75, 3.05) is 5.32 Å². The van der Waals surface area contributed by atoms with Gasteiger partial charge in [-0.25, -0.2) is 4.98 Å². The molecule has 2 heterocycles. The second kappa shape index (κ2) is 5.28. The summed E-state index contributed by atoms with van der Waals surface area (Å²) in [5.41, 5.74) is 3.55. The number of amides is 1. The monoisotopic (exact) mass is 278 g/mol. The first-order chi connectivity index (χ1) is 10.1. The van der Waals surface area contributed by atoms with Crippen molar-refractivity contribution in [1.82, 2.24) is 15.0 Å². The molecule has 0 aliphatic carbocycles. The Morgan fingerprint density at radius 1 is 1.10 bits per heavy atom. The van der Waals surface area contributed by atoms with Crippen molar-refractivity contribution in [1.29, 1.82) is 0 Å². The van der Waals surface area contributed by atoms with Crippen molar-refractivity contribution in [3.05, 3.63) is 59.8 Å². The number of aryl methyl sites for hydroxylation is 2. The van der Waals surface area contributed by atoms with E-state index in [1.54, 1.807) is 12.4 Å². The lowest BCUT2D eigenvalue weighted by Crippen LogP contribution is -2.14. The van der Waals surface area contributed by atoms with Gasteiger partial charge in [0.2, 0.25) is 0 Å². The molecule has 5 heteroatoms. The van der Waals surface area contributed by atoms with Crippen molar-refractivity contribution in [3.63, 3.8) is 0 Å². The largest absolute Gasteiger partial charge is 0.319 e. The lowest BCUT2D eigenvalue weighted by Gasteiger charge is -2.09. The van der Waals surface area contributed by atoms with Gasteiger partial charge in [0.05, 0.1) is 23.1 Å². The fourth-order valence-electron chi connectivity index (χ4n) is 2.13. The zero-order valence-corrected chi connectivity index (χ0v) is 11.8. The molecule has 0 radical (unpaired) electrons. The lowest BCUT2D eigenvalue weighted by atomic mass is 10.1. The van der Waals surface area contributed by atoms with Gasteiger partial charge in [-0.1, -0.05) is 6.07 Å². The molecule has 1 N–H and O–H groups in total. The Kier molecular flexibility index (Phi) is 3.31. The van der Waals surface area contributed by atoms with Crippen LogP contribution in [0.2, 0.25) is 0 Å². The summed E-state index contributed by atoms with van der Waals surface area (Å²) in [5, 5.41) is 3.85. The van der Waals surface area contributed by atoms with Gasteiger partial charge in [-0.2, -0.15) is 0 Å². The SMILES string of the molecule is Cc1cc(NC(=O)c2cnc(C)cn2)c2ncccc2c1. The third-order valence-corrected chi connectivity index (χ3v) is 3.11. The maximum absolute atomic E-state index is 12.2. The molecule has 0 saturated heterocycles. The Balaban J connectivity index is 1.98. The molecule has 0 aliphatic heterocycles. The Morgan fingerprint density at radius 3 is 2.71 bits per heavy atom. The van der Waals surface area contributed by atoms with E-state index in [2.05, 4.69) is 20.3 Å². The van der Waals surface area contributed by atoms with Crippen LogP contribution in [-0.4, -0.2) is 20.9 Å². The number of benzene rings is 1. The van der Waals surface area contributed by atoms with Crippen LogP contribution < -0.4 is 5.32 Å². The predicted octanol–water partition coefficient (Wildman–Crippen LogP) is 2.89. The topological polar surface area (TPSA) is 67.8 Å². The molecule has 0 spiro atoms. The highest BCUT2D eigenvalue weighted by Gasteiger charge is 2.11. The molecule has 104 valence electrons. The van der Waals surface area contributed by atoms with Crippen LogP contribution in [0.4, 0.5) is 5.69 Å². The third-order valence-electron chi connectivity index (χ3n) is 3.11. The molecule has 0 bridgehead atoms. The summed E-state index contributed by atoms with van der Waals surface area (Å²) in [6.45, 7) is 3.81. The zero-order chi connectivity index (χ0) is 14.8. The van der Waals surface area contributed by atoms with Gasteiger partial charge >= 0.3 is 0 Å². The average molecular weight is 278 g/mol. The molecule has 1 amide bonds. The minimum absolute atomic E-state index is 0.284. The number of pyridine rings is 1. The summed E-state index contributed by atoms with van der Waals surface area (Å²) < 4.78 is 0. The maximum atomic E-state index is 12.2. The highest BCUT2D eigenvalue weighted by Crippen LogP contribution is 2.23. The van der Waals surface area contributed by atoms with Crippen molar-refractivity contribution in [3.8, 4) is 0 Å². The van der Waals surface area contributed by atoms with Gasteiger partial charge < -0.3 is 5.32 Å². The van der Waals surface area contributed by atoms with Crippen molar-refractivity contribution < 1.29 is 4.79 Å². The molecule has 1 aromatic carbocycles. The maximum Gasteiger partial charge on any atom is 0.275 e. The first kappa shape index (κ1) is 13.2. The summed E-state index contributed by atoms with van der Waals surface area (Å²) in [7, 11) is 0. The molecular formula is C16H14N4O. The number of nitrogens with one attached hydrogen (secondary N) is 1. The second-order valence-electron chi connectivity index (χ2n) is 4.88. The summed E-state index contributed by atoms with van der Waals surface area (Å²) in [6.07, 6.45) is 4.75. The number of nitrogens with zero attached hydrogens (tertiary/aromatic N) is 3. The molecule has 3 rings (SSSR count). The van der Waals surface area contributed by atoms with Gasteiger partial charge in [-0.15, -0.1) is 0 Å². The van der Waals surface area contributed by atoms with E-state index in [4.69, 9.17) is 0 Å². The van der Waals surface area contributed by atoms with E-state index < -0.39 is 0 Å². The average Bonchev–Trinajstić information content (AvgIpc) is 2.47. The first-order valence-electron chi connectivity index (χ1n) is 6.59. The van der Waals surface area contributed by atoms with Crippen LogP contribution in [0.1, 0.15) is 21.7 Å². The van der Waals surface area contributed by atoms with E-state index in [1.807, 2.05) is 38.1 Å². The summed E-state index contributed by atoms with van der Waals surface area (Å²) >= 11 is 0. The summed E-state index contributed by atoms with van der Waals surface area (Å²) in [6, 6.07) is 7.77. The van der Waals surface area contributed by atoms with Gasteiger partial charge in [0.25, 0.3) is 5.91 Å². The summed E-state index contributed by atoms with van der Waals surface area (Å²) in [5.74, 6) is -0.292. The Labute approximate surface area is 122 Å². The number of anilines is 1. The molecule has 0 saturated carbocycles. The highest BCUT2D eigenvalue weighted by atomic mass is 16.1. The number of carbonyl (C=O) groups excluding carboxylic acids is 1. The molecular weight excluding hydrogens is 264 g/mol. The minimum atomic E-state index is -0.292. The molecule has 3 aromatic rings. The lowest BCUT2D eigenvalue weighted by molar-refractivity contribution is 0.102. The number of hydrogen-bond acceptors (Lipinski definition) is 4. The van der Waals surface area contributed by atoms with Crippen LogP contribution in [0, 0.1) is 13.8 Å². The van der Waals surface area contributed by atoms with E-state index in [0.717, 1.165) is 22.2 Å². The highest BCUT2D eigenvalue weighted by molar-refractivity contribution is 6.07. The van der Waals surface area contributed by atoms with Crippen molar-refractivity contribution in [2.24, 2.45) is 0 Å². The Hall–Kier alpha value is -2.82. The van der Waals surface area contributed by atoms with Crippen LogP contribution >= 0.6 is 0 Å². The Bertz CT molecular complexity index is 812. The predicted molar refractivity (Wildman–Crippen MR) is 81.2 cm³/mol. The van der Waals surface area contributed by atoms with Gasteiger partial charge in [-0.3, -0.25) is 14.8 Å². The van der Waals surface area contributed by atoms with Crippen LogP contribution in [0.3, 0.4) is 0 Å². The number of aromatic nitrogens is 3. The molecule has 0 atom stereocenters. The van der Waals surface area contributed by atoms with Crippen molar-refractivity contribution in [2.45, 2.75) is 13.8 Å². The number of hydrogen-bond donors (Lipinski definition) is 1. The van der Waals surface area contributed by atoms with Crippen LogP contribution in [0.5, 0.6) is 0 Å². The van der Waals surface area contributed by atoms with Crippen molar-refractivity contribution >= 4 is 22.5 Å². The summed E-state index contributed by atoms with van der Waals surface area (Å²) in [4.78, 5) is 24.7. The first-order valence-corrected chi connectivity index (χ1v) is 6.59. The van der Waals surface area contributed by atoms with E-state index in [9.17, 15) is 4.79 Å². The van der Waals surface area contributed by atoms with E-state index in [1.165, 1.54) is 6.20 Å². The van der Waals surface area contributed by atoms with Gasteiger partial charge in [0.15, 0.2) is 0 Å². The standard InChI is InChI=1S/C16H14N4O/c1-10-6-12-4-3-5-17-15(12)13(7-10)20-16(21)14-9-18-11(2)8-19-14/h3-9H,1-2H3,(H,20,21). The van der Waals surface area contributed by atoms with Crippen LogP contribution in [0.25, 0.3) is 10.9 Å². The zero-order valence-electron chi connectivity index (χ0n) is 11.8. The molecule has 0 fully saturated rings. The van der Waals surface area contributed by atoms with E-state index in [0.29, 0.717) is 5.69 Å². The smallest absolute Gasteiger partial charge is 0.275 e. The fourth-order valence-corrected chi connectivity index (χ4v) is 2.13. The Morgan fingerprint density at radius 2 is 1.95 bits per heavy atom.